The van der Waals surface area contributed by atoms with Gasteiger partial charge in [0, 0.05) is 12.2 Å². The maximum atomic E-state index is 11.8. The van der Waals surface area contributed by atoms with Crippen LogP contribution in [-0.4, -0.2) is 18.5 Å². The number of hydrogen-bond acceptors (Lipinski definition) is 2. The zero-order valence-corrected chi connectivity index (χ0v) is 11.6. The molecule has 1 aromatic rings. The van der Waals surface area contributed by atoms with Crippen molar-refractivity contribution in [1.29, 1.82) is 0 Å². The highest BCUT2D eigenvalue weighted by molar-refractivity contribution is 5.84. The van der Waals surface area contributed by atoms with Crippen LogP contribution in [0.4, 0.5) is 5.69 Å². The van der Waals surface area contributed by atoms with E-state index in [-0.39, 0.29) is 11.9 Å². The summed E-state index contributed by atoms with van der Waals surface area (Å²) in [6.45, 7) is 6.86. The molecule has 1 aromatic carbocycles. The molecule has 3 heteroatoms. The summed E-state index contributed by atoms with van der Waals surface area (Å²) < 4.78 is 0. The van der Waals surface area contributed by atoms with Crippen LogP contribution in [-0.2, 0) is 4.79 Å². The predicted octanol–water partition coefficient (Wildman–Crippen LogP) is 3.10. The zero-order chi connectivity index (χ0) is 13.4. The van der Waals surface area contributed by atoms with Gasteiger partial charge in [-0.3, -0.25) is 4.79 Å². The first kappa shape index (κ1) is 14.6. The van der Waals surface area contributed by atoms with Gasteiger partial charge in [0.15, 0.2) is 0 Å². The molecule has 0 radical (unpaired) electrons. The Hall–Kier alpha value is -1.51. The van der Waals surface area contributed by atoms with Gasteiger partial charge in [-0.1, -0.05) is 37.5 Å². The summed E-state index contributed by atoms with van der Waals surface area (Å²) in [6.07, 6.45) is 3.40. The normalized spacial score (nSPS) is 11.9. The summed E-state index contributed by atoms with van der Waals surface area (Å²) in [7, 11) is 0. The van der Waals surface area contributed by atoms with Crippen LogP contribution in [0.3, 0.4) is 0 Å². The molecule has 0 heterocycles. The number of carbonyl (C=O) groups excluding carboxylic acids is 1. The van der Waals surface area contributed by atoms with E-state index in [4.69, 9.17) is 0 Å². The number of hydrogen-bond donors (Lipinski definition) is 2. The molecule has 100 valence electrons. The molecule has 0 aliphatic heterocycles. The van der Waals surface area contributed by atoms with Crippen LogP contribution < -0.4 is 10.6 Å². The Labute approximate surface area is 110 Å². The second kappa shape index (κ2) is 7.75. The van der Waals surface area contributed by atoms with Gasteiger partial charge in [-0.15, -0.1) is 0 Å². The molecule has 2 N–H and O–H groups in total. The van der Waals surface area contributed by atoms with Gasteiger partial charge in [-0.05, 0) is 32.4 Å². The number of anilines is 1. The summed E-state index contributed by atoms with van der Waals surface area (Å²) in [5.74, 6) is 0.0617. The van der Waals surface area contributed by atoms with Gasteiger partial charge in [0.2, 0.25) is 5.91 Å². The smallest absolute Gasteiger partial charge is 0.242 e. The van der Waals surface area contributed by atoms with Gasteiger partial charge in [0.1, 0.15) is 6.04 Å². The Morgan fingerprint density at radius 1 is 1.22 bits per heavy atom. The maximum absolute atomic E-state index is 11.8. The highest BCUT2D eigenvalue weighted by atomic mass is 16.2. The molecule has 0 bridgehead atoms. The van der Waals surface area contributed by atoms with Crippen LogP contribution in [0.2, 0.25) is 0 Å². The molecule has 0 fully saturated rings. The molecule has 0 saturated carbocycles. The van der Waals surface area contributed by atoms with Crippen molar-refractivity contribution in [2.24, 2.45) is 0 Å². The largest absolute Gasteiger partial charge is 0.374 e. The van der Waals surface area contributed by atoms with Crippen LogP contribution >= 0.6 is 0 Å². The lowest BCUT2D eigenvalue weighted by atomic mass is 10.2. The highest BCUT2D eigenvalue weighted by Gasteiger charge is 2.11. The SMILES string of the molecule is CCCCCNC(=O)C(C)Nc1ccc(C)cc1. The predicted molar refractivity (Wildman–Crippen MR) is 76.8 cm³/mol. The lowest BCUT2D eigenvalue weighted by Gasteiger charge is -2.15. The fourth-order valence-corrected chi connectivity index (χ4v) is 1.71. The van der Waals surface area contributed by atoms with Crippen molar-refractivity contribution in [2.75, 3.05) is 11.9 Å². The maximum Gasteiger partial charge on any atom is 0.242 e. The third-order valence-corrected chi connectivity index (χ3v) is 2.91. The van der Waals surface area contributed by atoms with Gasteiger partial charge < -0.3 is 10.6 Å². The Morgan fingerprint density at radius 3 is 2.50 bits per heavy atom. The minimum Gasteiger partial charge on any atom is -0.374 e. The molecule has 18 heavy (non-hydrogen) atoms. The Bertz CT molecular complexity index is 359. The Kier molecular flexibility index (Phi) is 6.26. The standard InChI is InChI=1S/C15H24N2O/c1-4-5-6-11-16-15(18)13(3)17-14-9-7-12(2)8-10-14/h7-10,13,17H,4-6,11H2,1-3H3,(H,16,18). The van der Waals surface area contributed by atoms with E-state index in [1.54, 1.807) is 0 Å². The molecule has 0 saturated heterocycles. The van der Waals surface area contributed by atoms with E-state index >= 15 is 0 Å². The van der Waals surface area contributed by atoms with Crippen LogP contribution in [0.15, 0.2) is 24.3 Å². The number of unbranched alkanes of at least 4 members (excludes halogenated alkanes) is 2. The van der Waals surface area contributed by atoms with Gasteiger partial charge in [0.05, 0.1) is 0 Å². The van der Waals surface area contributed by atoms with E-state index in [0.717, 1.165) is 18.7 Å². The van der Waals surface area contributed by atoms with Crippen LogP contribution in [0.5, 0.6) is 0 Å². The van der Waals surface area contributed by atoms with Crippen LogP contribution in [0.1, 0.15) is 38.7 Å². The van der Waals surface area contributed by atoms with E-state index in [1.807, 2.05) is 38.1 Å². The van der Waals surface area contributed by atoms with Gasteiger partial charge >= 0.3 is 0 Å². The monoisotopic (exact) mass is 248 g/mol. The van der Waals surface area contributed by atoms with Crippen molar-refractivity contribution in [3.8, 4) is 0 Å². The first-order chi connectivity index (χ1) is 8.63. The van der Waals surface area contributed by atoms with Crippen molar-refractivity contribution >= 4 is 11.6 Å². The average molecular weight is 248 g/mol. The molecular weight excluding hydrogens is 224 g/mol. The number of nitrogens with one attached hydrogen (secondary N) is 2. The number of rotatable bonds is 7. The van der Waals surface area contributed by atoms with Crippen molar-refractivity contribution in [3.05, 3.63) is 29.8 Å². The van der Waals surface area contributed by atoms with E-state index in [1.165, 1.54) is 18.4 Å². The summed E-state index contributed by atoms with van der Waals surface area (Å²) in [4.78, 5) is 11.8. The molecule has 1 amide bonds. The third-order valence-electron chi connectivity index (χ3n) is 2.91. The first-order valence-corrected chi connectivity index (χ1v) is 6.74. The number of aryl methyl sites for hydroxylation is 1. The summed E-state index contributed by atoms with van der Waals surface area (Å²) >= 11 is 0. The topological polar surface area (TPSA) is 41.1 Å². The molecule has 1 rings (SSSR count). The minimum atomic E-state index is -0.200. The van der Waals surface area contributed by atoms with Gasteiger partial charge in [-0.25, -0.2) is 0 Å². The van der Waals surface area contributed by atoms with Crippen molar-refractivity contribution in [3.63, 3.8) is 0 Å². The summed E-state index contributed by atoms with van der Waals surface area (Å²) in [5.41, 5.74) is 2.20. The second-order valence-corrected chi connectivity index (χ2v) is 4.73. The highest BCUT2D eigenvalue weighted by Crippen LogP contribution is 2.09. The van der Waals surface area contributed by atoms with E-state index in [9.17, 15) is 4.79 Å². The first-order valence-electron chi connectivity index (χ1n) is 6.74. The molecule has 1 atom stereocenters. The second-order valence-electron chi connectivity index (χ2n) is 4.73. The third kappa shape index (κ3) is 5.21. The molecule has 1 unspecified atom stereocenters. The molecule has 0 aromatic heterocycles. The summed E-state index contributed by atoms with van der Waals surface area (Å²) in [5, 5.41) is 6.15. The zero-order valence-electron chi connectivity index (χ0n) is 11.6. The summed E-state index contributed by atoms with van der Waals surface area (Å²) in [6, 6.07) is 7.86. The van der Waals surface area contributed by atoms with Crippen LogP contribution in [0.25, 0.3) is 0 Å². The van der Waals surface area contributed by atoms with Crippen molar-refractivity contribution in [2.45, 2.75) is 46.1 Å². The lowest BCUT2D eigenvalue weighted by molar-refractivity contribution is -0.121. The lowest BCUT2D eigenvalue weighted by Crippen LogP contribution is -2.38. The molecule has 0 aliphatic rings. The number of benzene rings is 1. The fourth-order valence-electron chi connectivity index (χ4n) is 1.71. The molecule has 0 spiro atoms. The van der Waals surface area contributed by atoms with Crippen molar-refractivity contribution in [1.82, 2.24) is 5.32 Å². The van der Waals surface area contributed by atoms with Crippen molar-refractivity contribution < 1.29 is 4.79 Å². The van der Waals surface area contributed by atoms with Gasteiger partial charge in [-0.2, -0.15) is 0 Å². The Balaban J connectivity index is 2.33. The minimum absolute atomic E-state index is 0.0617. The van der Waals surface area contributed by atoms with E-state index in [0.29, 0.717) is 0 Å². The van der Waals surface area contributed by atoms with E-state index < -0.39 is 0 Å². The molecular formula is C15H24N2O. The number of amides is 1. The van der Waals surface area contributed by atoms with Gasteiger partial charge in [0.25, 0.3) is 0 Å². The quantitative estimate of drug-likeness (QED) is 0.728. The molecule has 0 aliphatic carbocycles. The molecule has 3 nitrogen and oxygen atoms in total. The Morgan fingerprint density at radius 2 is 1.89 bits per heavy atom. The fraction of sp³-hybridized carbons (Fsp3) is 0.533. The van der Waals surface area contributed by atoms with Crippen LogP contribution in [0, 0.1) is 6.92 Å². The average Bonchev–Trinajstić information content (AvgIpc) is 2.37. The van der Waals surface area contributed by atoms with E-state index in [2.05, 4.69) is 17.6 Å². The number of carbonyl (C=O) groups is 1.